The van der Waals surface area contributed by atoms with E-state index >= 15 is 0 Å². The fraction of sp³-hybridized carbons (Fsp3) is 0.765. The molecule has 1 saturated heterocycles. The summed E-state index contributed by atoms with van der Waals surface area (Å²) < 4.78 is 4.85. The fourth-order valence-corrected chi connectivity index (χ4v) is 3.16. The molecule has 0 saturated carbocycles. The predicted octanol–water partition coefficient (Wildman–Crippen LogP) is 2.81. The summed E-state index contributed by atoms with van der Waals surface area (Å²) in [5.41, 5.74) is 0. The van der Waals surface area contributed by atoms with E-state index in [4.69, 9.17) is 9.73 Å². The van der Waals surface area contributed by atoms with Gasteiger partial charge in [-0.05, 0) is 44.9 Å². The maximum atomic E-state index is 11.6. The molecule has 1 aliphatic heterocycles. The molecule has 1 fully saturated rings. The molecule has 0 aromatic rings. The van der Waals surface area contributed by atoms with Gasteiger partial charge in [-0.3, -0.25) is 9.79 Å². The van der Waals surface area contributed by atoms with Crippen LogP contribution >= 0.6 is 24.0 Å². The number of allylic oxidation sites excluding steroid dienone is 2. The van der Waals surface area contributed by atoms with Crippen molar-refractivity contribution in [2.24, 2.45) is 16.8 Å². The summed E-state index contributed by atoms with van der Waals surface area (Å²) in [5.74, 6) is 1.65. The number of ether oxygens (including phenoxy) is 1. The summed E-state index contributed by atoms with van der Waals surface area (Å²) in [5, 5.41) is 3.39. The van der Waals surface area contributed by atoms with Crippen molar-refractivity contribution in [2.75, 3.05) is 33.3 Å². The second-order valence-corrected chi connectivity index (χ2v) is 6.13. The van der Waals surface area contributed by atoms with E-state index in [1.165, 1.54) is 20.0 Å². The molecule has 1 aliphatic carbocycles. The molecule has 5 nitrogen and oxygen atoms in total. The van der Waals surface area contributed by atoms with Crippen LogP contribution in [0.3, 0.4) is 0 Å². The first-order valence-corrected chi connectivity index (χ1v) is 8.50. The number of carbonyl (C=O) groups is 1. The first-order valence-electron chi connectivity index (χ1n) is 8.50. The second kappa shape index (κ2) is 10.9. The van der Waals surface area contributed by atoms with E-state index in [0.29, 0.717) is 5.92 Å². The van der Waals surface area contributed by atoms with Crippen LogP contribution < -0.4 is 5.32 Å². The Balaban J connectivity index is 0.00000264. The zero-order valence-corrected chi connectivity index (χ0v) is 16.6. The van der Waals surface area contributed by atoms with Crippen LogP contribution in [0.1, 0.15) is 39.0 Å². The van der Waals surface area contributed by atoms with E-state index < -0.39 is 0 Å². The molecule has 1 heterocycles. The Morgan fingerprint density at radius 3 is 2.61 bits per heavy atom. The van der Waals surface area contributed by atoms with Crippen LogP contribution in [0.2, 0.25) is 0 Å². The summed E-state index contributed by atoms with van der Waals surface area (Å²) in [6, 6.07) is 0. The van der Waals surface area contributed by atoms with Crippen molar-refractivity contribution in [3.63, 3.8) is 0 Å². The van der Waals surface area contributed by atoms with E-state index in [0.717, 1.165) is 51.4 Å². The molecule has 0 bridgehead atoms. The van der Waals surface area contributed by atoms with E-state index in [1.54, 1.807) is 0 Å². The summed E-state index contributed by atoms with van der Waals surface area (Å²) in [7, 11) is 1.47. The number of nitrogens with zero attached hydrogens (tertiary/aromatic N) is 2. The zero-order chi connectivity index (χ0) is 15.8. The fourth-order valence-electron chi connectivity index (χ4n) is 3.16. The van der Waals surface area contributed by atoms with Crippen LogP contribution in [0.5, 0.6) is 0 Å². The number of halogens is 1. The number of hydrogen-bond acceptors (Lipinski definition) is 3. The van der Waals surface area contributed by atoms with E-state index in [-0.39, 0.29) is 35.9 Å². The molecule has 1 N–H and O–H groups in total. The van der Waals surface area contributed by atoms with Crippen molar-refractivity contribution in [1.82, 2.24) is 10.2 Å². The molecule has 1 unspecified atom stereocenters. The standard InChI is InChI=1S/C17H29N3O2.HI/c1-3-18-17(19-13-14-7-5-4-6-8-14)20-11-9-15(10-12-20)16(21)22-2;/h4-5,14-15H,3,6-13H2,1-2H3,(H,18,19);1H. The normalized spacial score (nSPS) is 22.4. The van der Waals surface area contributed by atoms with Gasteiger partial charge < -0.3 is 15.0 Å². The van der Waals surface area contributed by atoms with E-state index in [1.807, 2.05) is 0 Å². The quantitative estimate of drug-likeness (QED) is 0.243. The van der Waals surface area contributed by atoms with Crippen LogP contribution in [-0.2, 0) is 9.53 Å². The van der Waals surface area contributed by atoms with Gasteiger partial charge in [-0.2, -0.15) is 0 Å². The highest BCUT2D eigenvalue weighted by atomic mass is 127. The number of likely N-dealkylation sites (tertiary alicyclic amines) is 1. The maximum absolute atomic E-state index is 11.6. The van der Waals surface area contributed by atoms with Gasteiger partial charge in [-0.1, -0.05) is 12.2 Å². The topological polar surface area (TPSA) is 53.9 Å². The van der Waals surface area contributed by atoms with Gasteiger partial charge in [-0.25, -0.2) is 0 Å². The zero-order valence-electron chi connectivity index (χ0n) is 14.3. The molecule has 2 aliphatic rings. The number of carbonyl (C=O) groups excluding carboxylic acids is 1. The van der Waals surface area contributed by atoms with Crippen LogP contribution in [-0.4, -0.2) is 50.1 Å². The number of hydrogen-bond donors (Lipinski definition) is 1. The minimum Gasteiger partial charge on any atom is -0.469 e. The lowest BCUT2D eigenvalue weighted by atomic mass is 9.95. The highest BCUT2D eigenvalue weighted by molar-refractivity contribution is 14.0. The molecule has 0 spiro atoms. The van der Waals surface area contributed by atoms with Crippen molar-refractivity contribution < 1.29 is 9.53 Å². The molecule has 0 aromatic heterocycles. The van der Waals surface area contributed by atoms with E-state index in [2.05, 4.69) is 29.3 Å². The molecule has 132 valence electrons. The summed E-state index contributed by atoms with van der Waals surface area (Å²) >= 11 is 0. The van der Waals surface area contributed by atoms with Crippen LogP contribution in [0.25, 0.3) is 0 Å². The molecule has 0 aromatic carbocycles. The monoisotopic (exact) mass is 435 g/mol. The highest BCUT2D eigenvalue weighted by Crippen LogP contribution is 2.20. The number of aliphatic imine (C=N–C) groups is 1. The summed E-state index contributed by atoms with van der Waals surface area (Å²) in [4.78, 5) is 18.7. The first kappa shape index (κ1) is 20.3. The van der Waals surface area contributed by atoms with Crippen LogP contribution in [0.4, 0.5) is 0 Å². The van der Waals surface area contributed by atoms with Gasteiger partial charge in [0, 0.05) is 26.2 Å². The third kappa shape index (κ3) is 6.31. The molecular weight excluding hydrogens is 405 g/mol. The lowest BCUT2D eigenvalue weighted by Gasteiger charge is -2.33. The molecule has 2 rings (SSSR count). The number of methoxy groups -OCH3 is 1. The molecular formula is C17H30IN3O2. The third-order valence-corrected chi connectivity index (χ3v) is 4.54. The van der Waals surface area contributed by atoms with Crippen molar-refractivity contribution >= 4 is 35.9 Å². The molecule has 6 heteroatoms. The molecule has 0 amide bonds. The molecule has 23 heavy (non-hydrogen) atoms. The predicted molar refractivity (Wildman–Crippen MR) is 104 cm³/mol. The smallest absolute Gasteiger partial charge is 0.308 e. The van der Waals surface area contributed by atoms with Gasteiger partial charge in [0.05, 0.1) is 13.0 Å². The largest absolute Gasteiger partial charge is 0.469 e. The minimum absolute atomic E-state index is 0. The Morgan fingerprint density at radius 1 is 1.30 bits per heavy atom. The lowest BCUT2D eigenvalue weighted by Crippen LogP contribution is -2.46. The maximum Gasteiger partial charge on any atom is 0.308 e. The average Bonchev–Trinajstić information content (AvgIpc) is 2.59. The Bertz CT molecular complexity index is 418. The van der Waals surface area contributed by atoms with Crippen molar-refractivity contribution in [1.29, 1.82) is 0 Å². The van der Waals surface area contributed by atoms with Gasteiger partial charge in [0.15, 0.2) is 5.96 Å². The second-order valence-electron chi connectivity index (χ2n) is 6.13. The number of guanidine groups is 1. The van der Waals surface area contributed by atoms with Gasteiger partial charge >= 0.3 is 5.97 Å². The Labute approximate surface area is 157 Å². The highest BCUT2D eigenvalue weighted by Gasteiger charge is 2.27. The Morgan fingerprint density at radius 2 is 2.04 bits per heavy atom. The van der Waals surface area contributed by atoms with E-state index in [9.17, 15) is 4.79 Å². The summed E-state index contributed by atoms with van der Waals surface area (Å²) in [6.07, 6.45) is 9.81. The number of rotatable bonds is 4. The van der Waals surface area contributed by atoms with Crippen molar-refractivity contribution in [2.45, 2.75) is 39.0 Å². The first-order chi connectivity index (χ1) is 10.7. The number of esters is 1. The van der Waals surface area contributed by atoms with Gasteiger partial charge in [0.2, 0.25) is 0 Å². The van der Waals surface area contributed by atoms with Crippen molar-refractivity contribution in [3.8, 4) is 0 Å². The summed E-state index contributed by atoms with van der Waals surface area (Å²) in [6.45, 7) is 5.61. The number of piperidine rings is 1. The van der Waals surface area contributed by atoms with Crippen molar-refractivity contribution in [3.05, 3.63) is 12.2 Å². The molecule has 1 atom stereocenters. The van der Waals surface area contributed by atoms with Crippen LogP contribution in [0.15, 0.2) is 17.1 Å². The van der Waals surface area contributed by atoms with Gasteiger partial charge in [0.1, 0.15) is 0 Å². The molecule has 0 radical (unpaired) electrons. The Kier molecular flexibility index (Phi) is 9.59. The number of nitrogens with one attached hydrogen (secondary N) is 1. The van der Waals surface area contributed by atoms with Gasteiger partial charge in [0.25, 0.3) is 0 Å². The lowest BCUT2D eigenvalue weighted by molar-refractivity contribution is -0.146. The third-order valence-electron chi connectivity index (χ3n) is 4.54. The SMILES string of the molecule is CCNC(=NCC1CC=CCC1)N1CCC(C(=O)OC)CC1.I. The Hall–Kier alpha value is -0.790. The van der Waals surface area contributed by atoms with Gasteiger partial charge in [-0.15, -0.1) is 24.0 Å². The minimum atomic E-state index is -0.0735. The average molecular weight is 435 g/mol. The van der Waals surface area contributed by atoms with Crippen LogP contribution in [0, 0.1) is 11.8 Å².